The largest absolute Gasteiger partial charge is 0.458 e. The maximum atomic E-state index is 12.0. The summed E-state index contributed by atoms with van der Waals surface area (Å²) in [4.78, 5) is 11.7. The van der Waals surface area contributed by atoms with Gasteiger partial charge in [-0.3, -0.25) is 0 Å². The van der Waals surface area contributed by atoms with Crippen LogP contribution in [0.25, 0.3) is 0 Å². The summed E-state index contributed by atoms with van der Waals surface area (Å²) < 4.78 is 28.8. The number of hydrogen-bond acceptors (Lipinski definition) is 3. The zero-order chi connectivity index (χ0) is 12.0. The summed E-state index contributed by atoms with van der Waals surface area (Å²) in [5.74, 6) is -2.95. The molecule has 2 nitrogen and oxygen atoms in total. The Morgan fingerprint density at radius 1 is 1.44 bits per heavy atom. The lowest BCUT2D eigenvalue weighted by atomic mass is 10.2. The van der Waals surface area contributed by atoms with Crippen molar-refractivity contribution in [2.24, 2.45) is 0 Å². The number of rotatable bonds is 5. The molecule has 1 rings (SSSR count). The fourth-order valence-corrected chi connectivity index (χ4v) is 1.49. The minimum absolute atomic E-state index is 0.131. The average molecular weight is 244 g/mol. The molecule has 0 unspecified atom stereocenters. The Kier molecular flexibility index (Phi) is 4.98. The minimum atomic E-state index is -2.46. The van der Waals surface area contributed by atoms with Crippen molar-refractivity contribution in [1.29, 1.82) is 0 Å². The standard InChI is InChI=1S/C11H10F2O2S/c1-2-7-15-10(14)8-3-5-9(6-4-8)16-11(12)13/h2-6,11H,1,7H2. The molecular formula is C11H10F2O2S. The van der Waals surface area contributed by atoms with Gasteiger partial charge in [-0.2, -0.15) is 8.78 Å². The van der Waals surface area contributed by atoms with Crippen LogP contribution in [0.3, 0.4) is 0 Å². The molecule has 0 bridgehead atoms. The molecule has 1 aromatic carbocycles. The van der Waals surface area contributed by atoms with Gasteiger partial charge in [-0.1, -0.05) is 24.4 Å². The Labute approximate surface area is 96.3 Å². The first-order valence-corrected chi connectivity index (χ1v) is 5.34. The van der Waals surface area contributed by atoms with Crippen molar-refractivity contribution in [3.8, 4) is 0 Å². The molecule has 0 saturated carbocycles. The predicted octanol–water partition coefficient (Wildman–Crippen LogP) is 3.34. The van der Waals surface area contributed by atoms with Crippen LogP contribution in [0.2, 0.25) is 0 Å². The van der Waals surface area contributed by atoms with Crippen molar-refractivity contribution < 1.29 is 18.3 Å². The fourth-order valence-electron chi connectivity index (χ4n) is 0.990. The molecule has 0 atom stereocenters. The van der Waals surface area contributed by atoms with E-state index in [1.807, 2.05) is 0 Å². The summed E-state index contributed by atoms with van der Waals surface area (Å²) in [6, 6.07) is 5.83. The number of benzene rings is 1. The highest BCUT2D eigenvalue weighted by molar-refractivity contribution is 7.99. The summed E-state index contributed by atoms with van der Waals surface area (Å²) in [7, 11) is 0. The van der Waals surface area contributed by atoms with E-state index in [4.69, 9.17) is 4.74 Å². The normalized spacial score (nSPS) is 10.2. The SMILES string of the molecule is C=CCOC(=O)c1ccc(SC(F)F)cc1. The third-order valence-electron chi connectivity index (χ3n) is 1.65. The van der Waals surface area contributed by atoms with Gasteiger partial charge in [0.2, 0.25) is 0 Å². The van der Waals surface area contributed by atoms with Crippen LogP contribution in [-0.4, -0.2) is 18.3 Å². The van der Waals surface area contributed by atoms with E-state index in [0.29, 0.717) is 22.2 Å². The third-order valence-corrected chi connectivity index (χ3v) is 2.37. The van der Waals surface area contributed by atoms with E-state index in [9.17, 15) is 13.6 Å². The van der Waals surface area contributed by atoms with E-state index in [-0.39, 0.29) is 6.61 Å². The molecule has 0 fully saturated rings. The van der Waals surface area contributed by atoms with Gasteiger partial charge in [0.25, 0.3) is 5.76 Å². The van der Waals surface area contributed by atoms with E-state index in [2.05, 4.69) is 6.58 Å². The van der Waals surface area contributed by atoms with Crippen LogP contribution in [-0.2, 0) is 4.74 Å². The number of carbonyl (C=O) groups is 1. The zero-order valence-electron chi connectivity index (χ0n) is 8.36. The molecule has 1 aromatic rings. The van der Waals surface area contributed by atoms with Crippen LogP contribution in [0.4, 0.5) is 8.78 Å². The van der Waals surface area contributed by atoms with Gasteiger partial charge in [-0.05, 0) is 24.3 Å². The molecule has 0 radical (unpaired) electrons. The maximum absolute atomic E-state index is 12.0. The summed E-state index contributed by atoms with van der Waals surface area (Å²) in [6.45, 7) is 3.54. The molecule has 0 amide bonds. The Hall–Kier alpha value is -1.36. The average Bonchev–Trinajstić information content (AvgIpc) is 2.26. The van der Waals surface area contributed by atoms with E-state index < -0.39 is 11.7 Å². The van der Waals surface area contributed by atoms with Crippen molar-refractivity contribution >= 4 is 17.7 Å². The second-order valence-electron chi connectivity index (χ2n) is 2.79. The second kappa shape index (κ2) is 6.27. The lowest BCUT2D eigenvalue weighted by Crippen LogP contribution is -2.04. The number of thioether (sulfide) groups is 1. The molecule has 86 valence electrons. The van der Waals surface area contributed by atoms with Gasteiger partial charge < -0.3 is 4.74 Å². The minimum Gasteiger partial charge on any atom is -0.458 e. The second-order valence-corrected chi connectivity index (χ2v) is 3.85. The molecule has 0 spiro atoms. The van der Waals surface area contributed by atoms with Gasteiger partial charge in [0.05, 0.1) is 5.56 Å². The summed E-state index contributed by atoms with van der Waals surface area (Å²) in [6.07, 6.45) is 1.46. The maximum Gasteiger partial charge on any atom is 0.338 e. The smallest absolute Gasteiger partial charge is 0.338 e. The summed E-state index contributed by atoms with van der Waals surface area (Å²) in [5.41, 5.74) is 0.334. The van der Waals surface area contributed by atoms with Crippen LogP contribution in [0, 0.1) is 0 Å². The zero-order valence-corrected chi connectivity index (χ0v) is 9.18. The molecular weight excluding hydrogens is 234 g/mol. The number of esters is 1. The highest BCUT2D eigenvalue weighted by atomic mass is 32.2. The van der Waals surface area contributed by atoms with Crippen molar-refractivity contribution in [2.45, 2.75) is 10.7 Å². The number of halogens is 2. The summed E-state index contributed by atoms with van der Waals surface area (Å²) >= 11 is 0.435. The van der Waals surface area contributed by atoms with Crippen LogP contribution in [0.15, 0.2) is 41.8 Å². The van der Waals surface area contributed by atoms with E-state index in [0.717, 1.165) is 0 Å². The quantitative estimate of drug-likeness (QED) is 0.451. The Balaban J connectivity index is 2.63. The highest BCUT2D eigenvalue weighted by Gasteiger charge is 2.08. The van der Waals surface area contributed by atoms with Crippen LogP contribution in [0.5, 0.6) is 0 Å². The molecule has 5 heteroatoms. The number of carbonyl (C=O) groups excluding carboxylic acids is 1. The van der Waals surface area contributed by atoms with Crippen molar-refractivity contribution in [1.82, 2.24) is 0 Å². The third kappa shape index (κ3) is 4.02. The van der Waals surface area contributed by atoms with E-state index >= 15 is 0 Å². The van der Waals surface area contributed by atoms with Crippen molar-refractivity contribution in [3.63, 3.8) is 0 Å². The van der Waals surface area contributed by atoms with Gasteiger partial charge in [0, 0.05) is 4.90 Å². The Morgan fingerprint density at radius 3 is 2.56 bits per heavy atom. The first-order valence-electron chi connectivity index (χ1n) is 4.46. The summed E-state index contributed by atoms with van der Waals surface area (Å²) in [5, 5.41) is 0. The van der Waals surface area contributed by atoms with E-state index in [1.165, 1.54) is 30.3 Å². The van der Waals surface area contributed by atoms with Crippen molar-refractivity contribution in [3.05, 3.63) is 42.5 Å². The highest BCUT2D eigenvalue weighted by Crippen LogP contribution is 2.25. The van der Waals surface area contributed by atoms with Gasteiger partial charge in [-0.15, -0.1) is 0 Å². The topological polar surface area (TPSA) is 26.3 Å². The molecule has 0 heterocycles. The lowest BCUT2D eigenvalue weighted by Gasteiger charge is -2.03. The first-order chi connectivity index (χ1) is 7.63. The number of ether oxygens (including phenoxy) is 1. The van der Waals surface area contributed by atoms with Gasteiger partial charge in [0.15, 0.2) is 0 Å². The number of alkyl halides is 2. The molecule has 16 heavy (non-hydrogen) atoms. The van der Waals surface area contributed by atoms with Crippen LogP contribution in [0.1, 0.15) is 10.4 Å². The van der Waals surface area contributed by atoms with Crippen molar-refractivity contribution in [2.75, 3.05) is 6.61 Å². The Bertz CT molecular complexity index is 363. The molecule has 0 aliphatic heterocycles. The molecule has 0 N–H and O–H groups in total. The van der Waals surface area contributed by atoms with E-state index in [1.54, 1.807) is 0 Å². The predicted molar refractivity (Wildman–Crippen MR) is 58.8 cm³/mol. The molecule has 0 aliphatic carbocycles. The molecule has 0 aliphatic rings. The first kappa shape index (κ1) is 12.7. The van der Waals surface area contributed by atoms with Crippen LogP contribution < -0.4 is 0 Å². The fraction of sp³-hybridized carbons (Fsp3) is 0.182. The number of hydrogen-bond donors (Lipinski definition) is 0. The molecule has 0 aromatic heterocycles. The molecule has 0 saturated heterocycles. The van der Waals surface area contributed by atoms with Gasteiger partial charge in [0.1, 0.15) is 6.61 Å². The van der Waals surface area contributed by atoms with Gasteiger partial charge >= 0.3 is 5.97 Å². The van der Waals surface area contributed by atoms with Crippen LogP contribution >= 0.6 is 11.8 Å². The Morgan fingerprint density at radius 2 is 2.06 bits per heavy atom. The lowest BCUT2D eigenvalue weighted by molar-refractivity contribution is 0.0549. The van der Waals surface area contributed by atoms with Gasteiger partial charge in [-0.25, -0.2) is 4.79 Å². The monoisotopic (exact) mass is 244 g/mol.